The highest BCUT2D eigenvalue weighted by atomic mass is 32.2. The molecule has 3 fully saturated rings. The second-order valence-corrected chi connectivity index (χ2v) is 12.6. The lowest BCUT2D eigenvalue weighted by atomic mass is 9.50. The molecule has 184 valence electrons. The Labute approximate surface area is 200 Å². The molecule has 1 aromatic rings. The van der Waals surface area contributed by atoms with Crippen LogP contribution in [0.15, 0.2) is 40.8 Å². The Morgan fingerprint density at radius 1 is 1.24 bits per heavy atom. The fourth-order valence-corrected chi connectivity index (χ4v) is 8.23. The van der Waals surface area contributed by atoms with E-state index < -0.39 is 33.7 Å². The van der Waals surface area contributed by atoms with Gasteiger partial charge in [0.25, 0.3) is 0 Å². The SMILES string of the molecule is C[C@H]1CC2C([C@@H](F)C[C@@]3(C)C2CC[C@@H]3OC(=O)c2cccc(S(N)(=O)=O)c2)[C@H]2CCC(=O)C=C12. The standard InChI is InChI=1S/C26H32FNO5S/c1-14-10-20-21-8-9-23(33-25(30)15-4-3-5-17(11-15)34(28,31)32)26(21,2)13-22(27)24(20)18-7-6-16(29)12-19(14)18/h3-5,11-12,14,18,20-24H,6-10,13H2,1-2H3,(H2,28,31,32)/t14-,18-,20?,21?,22-,23-,24?,26-/m0/s1. The number of benzene rings is 1. The molecule has 0 amide bonds. The number of carbonyl (C=O) groups excluding carboxylic acids is 2. The second-order valence-electron chi connectivity index (χ2n) is 11.0. The monoisotopic (exact) mass is 489 g/mol. The number of hydrogen-bond acceptors (Lipinski definition) is 5. The van der Waals surface area contributed by atoms with Gasteiger partial charge in [0.15, 0.2) is 5.78 Å². The molecule has 4 aliphatic carbocycles. The van der Waals surface area contributed by atoms with E-state index in [1.807, 2.05) is 6.92 Å². The molecule has 4 aliphatic rings. The molecule has 3 unspecified atom stereocenters. The van der Waals surface area contributed by atoms with E-state index in [4.69, 9.17) is 9.88 Å². The molecule has 0 radical (unpaired) electrons. The Bertz CT molecular complexity index is 1160. The van der Waals surface area contributed by atoms with Gasteiger partial charge in [-0.05, 0) is 86.0 Å². The van der Waals surface area contributed by atoms with E-state index in [1.54, 1.807) is 6.08 Å². The lowest BCUT2D eigenvalue weighted by Gasteiger charge is -2.56. The number of ether oxygens (including phenoxy) is 1. The average molecular weight is 490 g/mol. The van der Waals surface area contributed by atoms with E-state index in [1.165, 1.54) is 24.3 Å². The van der Waals surface area contributed by atoms with Crippen LogP contribution in [0.25, 0.3) is 0 Å². The zero-order valence-electron chi connectivity index (χ0n) is 19.6. The molecule has 0 saturated heterocycles. The summed E-state index contributed by atoms with van der Waals surface area (Å²) in [6.45, 7) is 4.20. The van der Waals surface area contributed by atoms with Crippen LogP contribution in [0.1, 0.15) is 62.7 Å². The first-order valence-electron chi connectivity index (χ1n) is 12.2. The number of allylic oxidation sites excluding steroid dienone is 1. The fourth-order valence-electron chi connectivity index (χ4n) is 7.67. The Morgan fingerprint density at radius 3 is 2.74 bits per heavy atom. The number of sulfonamides is 1. The number of nitrogens with two attached hydrogens (primary N) is 1. The van der Waals surface area contributed by atoms with Crippen molar-refractivity contribution in [3.8, 4) is 0 Å². The van der Waals surface area contributed by atoms with Gasteiger partial charge in [-0.1, -0.05) is 25.5 Å². The second kappa shape index (κ2) is 8.26. The Morgan fingerprint density at radius 2 is 2.00 bits per heavy atom. The first-order valence-corrected chi connectivity index (χ1v) is 13.8. The number of ketones is 1. The van der Waals surface area contributed by atoms with E-state index in [-0.39, 0.29) is 45.8 Å². The van der Waals surface area contributed by atoms with Crippen LogP contribution in [0, 0.1) is 35.0 Å². The molecule has 0 bridgehead atoms. The van der Waals surface area contributed by atoms with Crippen molar-refractivity contribution in [2.24, 2.45) is 40.1 Å². The van der Waals surface area contributed by atoms with Crippen LogP contribution in [-0.4, -0.2) is 32.4 Å². The predicted octanol–water partition coefficient (Wildman–Crippen LogP) is 4.20. The summed E-state index contributed by atoms with van der Waals surface area (Å²) in [6.07, 6.45) is 4.31. The highest BCUT2D eigenvalue weighted by molar-refractivity contribution is 7.89. The maximum Gasteiger partial charge on any atom is 0.338 e. The number of carbonyl (C=O) groups is 2. The summed E-state index contributed by atoms with van der Waals surface area (Å²) >= 11 is 0. The van der Waals surface area contributed by atoms with E-state index in [0.29, 0.717) is 19.3 Å². The van der Waals surface area contributed by atoms with Crippen LogP contribution in [0.5, 0.6) is 0 Å². The Balaban J connectivity index is 1.38. The van der Waals surface area contributed by atoms with E-state index in [2.05, 4.69) is 6.92 Å². The highest BCUT2D eigenvalue weighted by Gasteiger charge is 2.61. The summed E-state index contributed by atoms with van der Waals surface area (Å²) in [6, 6.07) is 5.52. The first-order chi connectivity index (χ1) is 16.0. The van der Waals surface area contributed by atoms with Crippen molar-refractivity contribution in [3.63, 3.8) is 0 Å². The lowest BCUT2D eigenvalue weighted by molar-refractivity contribution is -0.119. The maximum atomic E-state index is 15.9. The molecule has 1 aromatic carbocycles. The summed E-state index contributed by atoms with van der Waals surface area (Å²) in [4.78, 5) is 24.8. The molecule has 0 aliphatic heterocycles. The lowest BCUT2D eigenvalue weighted by Crippen LogP contribution is -2.54. The van der Waals surface area contributed by atoms with Gasteiger partial charge in [-0.25, -0.2) is 22.7 Å². The molecule has 5 rings (SSSR count). The summed E-state index contributed by atoms with van der Waals surface area (Å²) in [5.74, 6) is 0.318. The molecule has 2 N–H and O–H groups in total. The average Bonchev–Trinajstić information content (AvgIpc) is 3.09. The van der Waals surface area contributed by atoms with Crippen molar-refractivity contribution in [1.29, 1.82) is 0 Å². The molecule has 34 heavy (non-hydrogen) atoms. The van der Waals surface area contributed by atoms with Crippen molar-refractivity contribution < 1.29 is 27.1 Å². The highest BCUT2D eigenvalue weighted by Crippen LogP contribution is 2.63. The van der Waals surface area contributed by atoms with Gasteiger partial charge in [0.2, 0.25) is 10.0 Å². The van der Waals surface area contributed by atoms with Crippen LogP contribution in [0.4, 0.5) is 4.39 Å². The van der Waals surface area contributed by atoms with Crippen LogP contribution in [0.3, 0.4) is 0 Å². The minimum absolute atomic E-state index is 0.0745. The normalized spacial score (nSPS) is 39.5. The molecular formula is C26H32FNO5S. The van der Waals surface area contributed by atoms with Crippen molar-refractivity contribution in [2.45, 2.75) is 69.5 Å². The van der Waals surface area contributed by atoms with E-state index in [9.17, 15) is 18.0 Å². The first kappa shape index (κ1) is 23.7. The number of primary sulfonamides is 1. The van der Waals surface area contributed by atoms with Crippen molar-refractivity contribution >= 4 is 21.8 Å². The van der Waals surface area contributed by atoms with Gasteiger partial charge in [0.05, 0.1) is 10.5 Å². The number of halogens is 1. The van der Waals surface area contributed by atoms with Gasteiger partial charge in [-0.2, -0.15) is 0 Å². The van der Waals surface area contributed by atoms with Gasteiger partial charge in [-0.3, -0.25) is 4.79 Å². The zero-order valence-corrected chi connectivity index (χ0v) is 20.4. The topological polar surface area (TPSA) is 104 Å². The minimum atomic E-state index is -3.94. The third-order valence-electron chi connectivity index (χ3n) is 9.15. The van der Waals surface area contributed by atoms with Gasteiger partial charge in [0, 0.05) is 11.8 Å². The molecule has 0 heterocycles. The smallest absolute Gasteiger partial charge is 0.338 e. The molecule has 0 spiro atoms. The Hall–Kier alpha value is -2.06. The number of fused-ring (bicyclic) bond motifs is 5. The van der Waals surface area contributed by atoms with Crippen LogP contribution >= 0.6 is 0 Å². The van der Waals surface area contributed by atoms with E-state index >= 15 is 4.39 Å². The van der Waals surface area contributed by atoms with Gasteiger partial charge in [-0.15, -0.1) is 0 Å². The van der Waals surface area contributed by atoms with Gasteiger partial charge in [0.1, 0.15) is 12.3 Å². The number of rotatable bonds is 3. The summed E-state index contributed by atoms with van der Waals surface area (Å²) in [5, 5.41) is 5.20. The molecule has 6 nitrogen and oxygen atoms in total. The third kappa shape index (κ3) is 3.83. The number of esters is 1. The third-order valence-corrected chi connectivity index (χ3v) is 10.1. The zero-order chi connectivity index (χ0) is 24.4. The van der Waals surface area contributed by atoms with Crippen molar-refractivity contribution in [2.75, 3.05) is 0 Å². The summed E-state index contributed by atoms with van der Waals surface area (Å²) in [5.41, 5.74) is 0.788. The van der Waals surface area contributed by atoms with Gasteiger partial charge >= 0.3 is 5.97 Å². The van der Waals surface area contributed by atoms with E-state index in [0.717, 1.165) is 24.8 Å². The predicted molar refractivity (Wildman–Crippen MR) is 124 cm³/mol. The molecular weight excluding hydrogens is 457 g/mol. The quantitative estimate of drug-likeness (QED) is 0.641. The van der Waals surface area contributed by atoms with Crippen LogP contribution < -0.4 is 5.14 Å². The molecule has 8 atom stereocenters. The van der Waals surface area contributed by atoms with Gasteiger partial charge < -0.3 is 4.74 Å². The van der Waals surface area contributed by atoms with Crippen LogP contribution in [-0.2, 0) is 19.6 Å². The largest absolute Gasteiger partial charge is 0.458 e. The summed E-state index contributed by atoms with van der Waals surface area (Å²) in [7, 11) is -3.94. The minimum Gasteiger partial charge on any atom is -0.458 e. The summed E-state index contributed by atoms with van der Waals surface area (Å²) < 4.78 is 45.1. The molecule has 3 saturated carbocycles. The van der Waals surface area contributed by atoms with Crippen molar-refractivity contribution in [1.82, 2.24) is 0 Å². The fraction of sp³-hybridized carbons (Fsp3) is 0.615. The van der Waals surface area contributed by atoms with Crippen molar-refractivity contribution in [3.05, 3.63) is 41.5 Å². The maximum absolute atomic E-state index is 15.9. The number of alkyl halides is 1. The number of hydrogen-bond donors (Lipinski definition) is 1. The molecule has 0 aromatic heterocycles. The van der Waals surface area contributed by atoms with Crippen LogP contribution in [0.2, 0.25) is 0 Å². The molecule has 8 heteroatoms. The Kier molecular flexibility index (Phi) is 5.75.